The van der Waals surface area contributed by atoms with E-state index in [1.807, 2.05) is 0 Å². The molecule has 0 saturated carbocycles. The van der Waals surface area contributed by atoms with Crippen LogP contribution in [-0.4, -0.2) is 16.7 Å². The fourth-order valence-corrected chi connectivity index (χ4v) is 2.04. The van der Waals surface area contributed by atoms with Crippen LogP contribution in [0.25, 0.3) is 5.57 Å². The first-order chi connectivity index (χ1) is 7.83. The second-order valence-electron chi connectivity index (χ2n) is 4.25. The van der Waals surface area contributed by atoms with Crippen molar-refractivity contribution in [2.24, 2.45) is 0 Å². The lowest BCUT2D eigenvalue weighted by molar-refractivity contribution is -0.143. The van der Waals surface area contributed by atoms with Crippen molar-refractivity contribution in [1.29, 1.82) is 0 Å². The maximum absolute atomic E-state index is 11.7. The van der Waals surface area contributed by atoms with Crippen LogP contribution in [0.2, 0.25) is 10.0 Å². The van der Waals surface area contributed by atoms with Gasteiger partial charge in [0.05, 0.1) is 0 Å². The molecule has 0 atom stereocenters. The number of carbonyl (C=O) groups excluding carboxylic acids is 1. The number of aliphatic hydroxyl groups is 1. The second kappa shape index (κ2) is 3.93. The van der Waals surface area contributed by atoms with E-state index in [1.54, 1.807) is 26.0 Å². The summed E-state index contributed by atoms with van der Waals surface area (Å²) in [4.78, 5) is 11.7. The lowest BCUT2D eigenvalue weighted by atomic mass is 10.00. The molecule has 0 radical (unpaired) electrons. The minimum Gasteiger partial charge on any atom is -0.507 e. The molecule has 1 aromatic carbocycles. The summed E-state index contributed by atoms with van der Waals surface area (Å²) in [6.07, 6.45) is 0. The molecule has 0 aliphatic carbocycles. The van der Waals surface area contributed by atoms with Crippen LogP contribution >= 0.6 is 23.2 Å². The fourth-order valence-electron chi connectivity index (χ4n) is 1.66. The van der Waals surface area contributed by atoms with E-state index in [0.717, 1.165) is 0 Å². The number of halogens is 2. The first-order valence-corrected chi connectivity index (χ1v) is 5.71. The molecule has 1 aliphatic heterocycles. The van der Waals surface area contributed by atoms with Crippen molar-refractivity contribution in [1.82, 2.24) is 0 Å². The Morgan fingerprint density at radius 3 is 2.47 bits per heavy atom. The Kier molecular flexibility index (Phi) is 2.84. The summed E-state index contributed by atoms with van der Waals surface area (Å²) < 4.78 is 5.06. The Bertz CT molecular complexity index is 533. The van der Waals surface area contributed by atoms with Crippen LogP contribution in [0.3, 0.4) is 0 Å². The summed E-state index contributed by atoms with van der Waals surface area (Å²) in [7, 11) is 0. The van der Waals surface area contributed by atoms with Gasteiger partial charge in [-0.2, -0.15) is 0 Å². The minimum absolute atomic E-state index is 0.0718. The third-order valence-electron chi connectivity index (χ3n) is 2.56. The predicted octanol–water partition coefficient (Wildman–Crippen LogP) is 3.60. The van der Waals surface area contributed by atoms with Crippen LogP contribution in [0.4, 0.5) is 0 Å². The van der Waals surface area contributed by atoms with Gasteiger partial charge in [-0.1, -0.05) is 23.2 Å². The minimum atomic E-state index is -1.03. The van der Waals surface area contributed by atoms with E-state index >= 15 is 0 Å². The third kappa shape index (κ3) is 2.01. The van der Waals surface area contributed by atoms with Gasteiger partial charge in [0, 0.05) is 15.6 Å². The topological polar surface area (TPSA) is 46.5 Å². The van der Waals surface area contributed by atoms with Gasteiger partial charge in [-0.15, -0.1) is 0 Å². The third-order valence-corrected chi connectivity index (χ3v) is 3.12. The van der Waals surface area contributed by atoms with Gasteiger partial charge in [0.2, 0.25) is 0 Å². The highest BCUT2D eigenvalue weighted by Gasteiger charge is 2.41. The normalized spacial score (nSPS) is 18.5. The molecular formula is C12H10Cl2O3. The molecule has 0 amide bonds. The maximum Gasteiger partial charge on any atom is 0.343 e. The summed E-state index contributed by atoms with van der Waals surface area (Å²) >= 11 is 11.8. The molecule has 3 nitrogen and oxygen atoms in total. The average molecular weight is 273 g/mol. The highest BCUT2D eigenvalue weighted by atomic mass is 35.5. The lowest BCUT2D eigenvalue weighted by Gasteiger charge is -2.16. The number of esters is 1. The number of cyclic esters (lactones) is 1. The molecule has 1 N–H and O–H groups in total. The van der Waals surface area contributed by atoms with Crippen LogP contribution in [-0.2, 0) is 9.53 Å². The molecule has 0 saturated heterocycles. The number of hydrogen-bond donors (Lipinski definition) is 1. The van der Waals surface area contributed by atoms with Gasteiger partial charge in [-0.05, 0) is 32.0 Å². The summed E-state index contributed by atoms with van der Waals surface area (Å²) in [5.41, 5.74) is -0.576. The highest BCUT2D eigenvalue weighted by molar-refractivity contribution is 6.36. The van der Waals surface area contributed by atoms with Crippen LogP contribution in [0.15, 0.2) is 24.0 Å². The van der Waals surface area contributed by atoms with E-state index < -0.39 is 11.6 Å². The van der Waals surface area contributed by atoms with Gasteiger partial charge in [0.1, 0.15) is 5.57 Å². The van der Waals surface area contributed by atoms with Crippen LogP contribution < -0.4 is 0 Å². The molecule has 0 aromatic heterocycles. The molecule has 90 valence electrons. The van der Waals surface area contributed by atoms with Crippen molar-refractivity contribution >= 4 is 34.7 Å². The number of ether oxygens (including phenoxy) is 1. The van der Waals surface area contributed by atoms with Gasteiger partial charge >= 0.3 is 5.97 Å². The SMILES string of the molecule is CC1(C)OC(=O)C(c2cc(Cl)ccc2Cl)=C1O. The Morgan fingerprint density at radius 1 is 1.29 bits per heavy atom. The van der Waals surface area contributed by atoms with Crippen molar-refractivity contribution in [3.63, 3.8) is 0 Å². The Morgan fingerprint density at radius 2 is 1.94 bits per heavy atom. The van der Waals surface area contributed by atoms with Gasteiger partial charge in [0.15, 0.2) is 11.4 Å². The summed E-state index contributed by atoms with van der Waals surface area (Å²) in [5.74, 6) is -0.733. The Hall–Kier alpha value is -1.19. The molecule has 0 bridgehead atoms. The first-order valence-electron chi connectivity index (χ1n) is 4.95. The molecule has 1 aromatic rings. The molecule has 5 heteroatoms. The van der Waals surface area contributed by atoms with E-state index in [1.165, 1.54) is 6.07 Å². The monoisotopic (exact) mass is 272 g/mol. The molecule has 1 heterocycles. The fraction of sp³-hybridized carbons (Fsp3) is 0.250. The average Bonchev–Trinajstić information content (AvgIpc) is 2.41. The molecule has 0 unspecified atom stereocenters. The Labute approximate surface area is 109 Å². The Balaban J connectivity index is 2.64. The largest absolute Gasteiger partial charge is 0.507 e. The highest BCUT2D eigenvalue weighted by Crippen LogP contribution is 2.39. The van der Waals surface area contributed by atoms with Crippen LogP contribution in [0.1, 0.15) is 19.4 Å². The summed E-state index contributed by atoms with van der Waals surface area (Å²) in [6.45, 7) is 3.21. The van der Waals surface area contributed by atoms with Crippen molar-refractivity contribution in [2.45, 2.75) is 19.4 Å². The zero-order valence-electron chi connectivity index (χ0n) is 9.25. The van der Waals surface area contributed by atoms with Gasteiger partial charge in [0.25, 0.3) is 0 Å². The van der Waals surface area contributed by atoms with Crippen LogP contribution in [0.5, 0.6) is 0 Å². The van der Waals surface area contributed by atoms with Gasteiger partial charge < -0.3 is 9.84 Å². The number of rotatable bonds is 1. The lowest BCUT2D eigenvalue weighted by Crippen LogP contribution is -2.22. The van der Waals surface area contributed by atoms with Crippen molar-refractivity contribution < 1.29 is 14.6 Å². The van der Waals surface area contributed by atoms with E-state index in [2.05, 4.69) is 0 Å². The van der Waals surface area contributed by atoms with Crippen molar-refractivity contribution in [3.8, 4) is 0 Å². The smallest absolute Gasteiger partial charge is 0.343 e. The van der Waals surface area contributed by atoms with E-state index in [4.69, 9.17) is 27.9 Å². The zero-order valence-corrected chi connectivity index (χ0v) is 10.8. The van der Waals surface area contributed by atoms with Crippen LogP contribution in [0, 0.1) is 0 Å². The quantitative estimate of drug-likeness (QED) is 0.795. The maximum atomic E-state index is 11.7. The summed E-state index contributed by atoms with van der Waals surface area (Å²) in [5, 5.41) is 10.8. The number of benzene rings is 1. The number of carbonyl (C=O) groups is 1. The molecule has 2 rings (SSSR count). The molecule has 0 spiro atoms. The van der Waals surface area contributed by atoms with E-state index in [9.17, 15) is 9.90 Å². The van der Waals surface area contributed by atoms with E-state index in [-0.39, 0.29) is 11.3 Å². The standard InChI is InChI=1S/C12H10Cl2O3/c1-12(2)10(15)9(11(16)17-12)7-5-6(13)3-4-8(7)14/h3-5,15H,1-2H3. The van der Waals surface area contributed by atoms with Crippen molar-refractivity contribution in [3.05, 3.63) is 39.6 Å². The molecule has 1 aliphatic rings. The zero-order chi connectivity index (χ0) is 12.8. The molecule has 0 fully saturated rings. The van der Waals surface area contributed by atoms with Crippen molar-refractivity contribution in [2.75, 3.05) is 0 Å². The second-order valence-corrected chi connectivity index (χ2v) is 5.09. The van der Waals surface area contributed by atoms with Gasteiger partial charge in [-0.25, -0.2) is 4.79 Å². The van der Waals surface area contributed by atoms with Gasteiger partial charge in [-0.3, -0.25) is 0 Å². The number of hydrogen-bond acceptors (Lipinski definition) is 3. The molecular weight excluding hydrogens is 263 g/mol. The number of aliphatic hydroxyl groups excluding tert-OH is 1. The first kappa shape index (κ1) is 12.3. The predicted molar refractivity (Wildman–Crippen MR) is 66.2 cm³/mol. The molecule has 17 heavy (non-hydrogen) atoms. The summed E-state index contributed by atoms with van der Waals surface area (Å²) in [6, 6.07) is 4.70. The van der Waals surface area contributed by atoms with E-state index in [0.29, 0.717) is 15.6 Å².